The molecule has 2 nitrogen and oxygen atoms in total. The Balaban J connectivity index is 1.88. The Morgan fingerprint density at radius 1 is 1.64 bits per heavy atom. The second-order valence-electron chi connectivity index (χ2n) is 3.44. The Hall–Kier alpha value is -0.410. The molecule has 1 saturated heterocycles. The van der Waals surface area contributed by atoms with Crippen molar-refractivity contribution in [3.8, 4) is 0 Å². The number of anilines is 1. The standard InChI is InChI=1S/C10H13ClN2S/c11-9-2-1-4-12-10(9)13-6-8-3-5-14-7-8/h1-2,4,8H,3,5-7H2,(H,12,13). The summed E-state index contributed by atoms with van der Waals surface area (Å²) in [5, 5.41) is 4.01. The molecule has 4 heteroatoms. The number of nitrogens with zero attached hydrogens (tertiary/aromatic N) is 1. The molecule has 1 fully saturated rings. The maximum Gasteiger partial charge on any atom is 0.144 e. The first-order valence-electron chi connectivity index (χ1n) is 4.78. The molecule has 1 atom stereocenters. The average molecular weight is 229 g/mol. The minimum absolute atomic E-state index is 0.707. The molecular formula is C10H13ClN2S. The third-order valence-electron chi connectivity index (χ3n) is 2.34. The van der Waals surface area contributed by atoms with Gasteiger partial charge in [0, 0.05) is 12.7 Å². The molecule has 1 unspecified atom stereocenters. The van der Waals surface area contributed by atoms with Crippen molar-refractivity contribution in [2.75, 3.05) is 23.4 Å². The Morgan fingerprint density at radius 2 is 2.57 bits per heavy atom. The lowest BCUT2D eigenvalue weighted by Crippen LogP contribution is -2.14. The van der Waals surface area contributed by atoms with Gasteiger partial charge in [0.15, 0.2) is 0 Å². The van der Waals surface area contributed by atoms with E-state index in [-0.39, 0.29) is 0 Å². The lowest BCUT2D eigenvalue weighted by molar-refractivity contribution is 0.630. The van der Waals surface area contributed by atoms with Crippen LogP contribution in [0, 0.1) is 5.92 Å². The van der Waals surface area contributed by atoms with Crippen LogP contribution in [0.2, 0.25) is 5.02 Å². The number of aromatic nitrogens is 1. The van der Waals surface area contributed by atoms with Gasteiger partial charge in [0.25, 0.3) is 0 Å². The summed E-state index contributed by atoms with van der Waals surface area (Å²) in [4.78, 5) is 4.19. The topological polar surface area (TPSA) is 24.9 Å². The zero-order valence-electron chi connectivity index (χ0n) is 7.87. The van der Waals surface area contributed by atoms with E-state index in [9.17, 15) is 0 Å². The molecule has 0 saturated carbocycles. The summed E-state index contributed by atoms with van der Waals surface area (Å²) in [5.74, 6) is 4.14. The number of rotatable bonds is 3. The minimum atomic E-state index is 0.707. The van der Waals surface area contributed by atoms with Crippen LogP contribution < -0.4 is 5.32 Å². The van der Waals surface area contributed by atoms with Crippen LogP contribution in [-0.4, -0.2) is 23.0 Å². The third-order valence-corrected chi connectivity index (χ3v) is 3.88. The van der Waals surface area contributed by atoms with E-state index < -0.39 is 0 Å². The van der Waals surface area contributed by atoms with E-state index in [1.54, 1.807) is 6.20 Å². The molecule has 0 aromatic carbocycles. The van der Waals surface area contributed by atoms with Crippen LogP contribution in [-0.2, 0) is 0 Å². The molecule has 0 aliphatic carbocycles. The number of thioether (sulfide) groups is 1. The Morgan fingerprint density at radius 3 is 3.29 bits per heavy atom. The number of hydrogen-bond acceptors (Lipinski definition) is 3. The highest BCUT2D eigenvalue weighted by molar-refractivity contribution is 7.99. The Kier molecular flexibility index (Phi) is 3.54. The monoisotopic (exact) mass is 228 g/mol. The lowest BCUT2D eigenvalue weighted by atomic mass is 10.1. The predicted molar refractivity (Wildman–Crippen MR) is 63.2 cm³/mol. The predicted octanol–water partition coefficient (Wildman–Crippen LogP) is 2.90. The number of pyridine rings is 1. The molecule has 0 spiro atoms. The molecule has 1 aromatic rings. The van der Waals surface area contributed by atoms with Crippen LogP contribution >= 0.6 is 23.4 Å². The van der Waals surface area contributed by atoms with Crippen LogP contribution in [0.4, 0.5) is 5.82 Å². The van der Waals surface area contributed by atoms with Gasteiger partial charge < -0.3 is 5.32 Å². The molecular weight excluding hydrogens is 216 g/mol. The fraction of sp³-hybridized carbons (Fsp3) is 0.500. The molecule has 1 aromatic heterocycles. The molecule has 2 rings (SSSR count). The molecule has 14 heavy (non-hydrogen) atoms. The number of halogens is 1. The van der Waals surface area contributed by atoms with Crippen molar-refractivity contribution in [3.05, 3.63) is 23.4 Å². The molecule has 1 aliphatic rings. The Bertz CT molecular complexity index is 300. The van der Waals surface area contributed by atoms with Gasteiger partial charge in [0.2, 0.25) is 0 Å². The normalized spacial score (nSPS) is 21.1. The minimum Gasteiger partial charge on any atom is -0.369 e. The summed E-state index contributed by atoms with van der Waals surface area (Å²) in [6, 6.07) is 3.71. The van der Waals surface area contributed by atoms with Gasteiger partial charge >= 0.3 is 0 Å². The highest BCUT2D eigenvalue weighted by atomic mass is 35.5. The first-order chi connectivity index (χ1) is 6.86. The van der Waals surface area contributed by atoms with E-state index in [1.807, 2.05) is 23.9 Å². The zero-order chi connectivity index (χ0) is 9.80. The second-order valence-corrected chi connectivity index (χ2v) is 5.00. The summed E-state index contributed by atoms with van der Waals surface area (Å²) in [5.41, 5.74) is 0. The van der Waals surface area contributed by atoms with Crippen LogP contribution in [0.1, 0.15) is 6.42 Å². The van der Waals surface area contributed by atoms with E-state index in [4.69, 9.17) is 11.6 Å². The van der Waals surface area contributed by atoms with Crippen LogP contribution in [0.25, 0.3) is 0 Å². The molecule has 0 amide bonds. The zero-order valence-corrected chi connectivity index (χ0v) is 9.44. The maximum absolute atomic E-state index is 5.98. The van der Waals surface area contributed by atoms with Gasteiger partial charge in [-0.25, -0.2) is 4.98 Å². The Labute approximate surface area is 93.4 Å². The van der Waals surface area contributed by atoms with Gasteiger partial charge in [-0.2, -0.15) is 11.8 Å². The van der Waals surface area contributed by atoms with Crippen molar-refractivity contribution in [1.82, 2.24) is 4.98 Å². The summed E-state index contributed by atoms with van der Waals surface area (Å²) in [6.45, 7) is 0.990. The SMILES string of the molecule is Clc1cccnc1NCC1CCSC1. The van der Waals surface area contributed by atoms with E-state index in [0.717, 1.165) is 18.3 Å². The molecule has 1 N–H and O–H groups in total. The van der Waals surface area contributed by atoms with Crippen molar-refractivity contribution in [2.24, 2.45) is 5.92 Å². The van der Waals surface area contributed by atoms with Crippen molar-refractivity contribution in [3.63, 3.8) is 0 Å². The summed E-state index contributed by atoms with van der Waals surface area (Å²) in [7, 11) is 0. The van der Waals surface area contributed by atoms with Gasteiger partial charge in [-0.15, -0.1) is 0 Å². The van der Waals surface area contributed by atoms with E-state index in [0.29, 0.717) is 5.02 Å². The quantitative estimate of drug-likeness (QED) is 0.861. The second kappa shape index (κ2) is 4.89. The first kappa shape index (κ1) is 10.1. The molecule has 0 bridgehead atoms. The van der Waals surface area contributed by atoms with Crippen molar-refractivity contribution in [1.29, 1.82) is 0 Å². The molecule has 2 heterocycles. The number of hydrogen-bond donors (Lipinski definition) is 1. The average Bonchev–Trinajstić information content (AvgIpc) is 2.69. The summed E-state index contributed by atoms with van der Waals surface area (Å²) >= 11 is 8.01. The molecule has 0 radical (unpaired) electrons. The fourth-order valence-corrected chi connectivity index (χ4v) is 2.97. The van der Waals surface area contributed by atoms with Crippen molar-refractivity contribution >= 4 is 29.2 Å². The van der Waals surface area contributed by atoms with Gasteiger partial charge in [0.05, 0.1) is 5.02 Å². The largest absolute Gasteiger partial charge is 0.369 e. The van der Waals surface area contributed by atoms with E-state index in [2.05, 4.69) is 10.3 Å². The van der Waals surface area contributed by atoms with Crippen LogP contribution in [0.15, 0.2) is 18.3 Å². The van der Waals surface area contributed by atoms with Crippen molar-refractivity contribution in [2.45, 2.75) is 6.42 Å². The highest BCUT2D eigenvalue weighted by Gasteiger charge is 2.15. The van der Waals surface area contributed by atoms with Gasteiger partial charge in [0.1, 0.15) is 5.82 Å². The lowest BCUT2D eigenvalue weighted by Gasteiger charge is -2.10. The highest BCUT2D eigenvalue weighted by Crippen LogP contribution is 2.24. The fourth-order valence-electron chi connectivity index (χ4n) is 1.50. The van der Waals surface area contributed by atoms with Crippen molar-refractivity contribution < 1.29 is 0 Å². The maximum atomic E-state index is 5.98. The van der Waals surface area contributed by atoms with E-state index >= 15 is 0 Å². The smallest absolute Gasteiger partial charge is 0.144 e. The first-order valence-corrected chi connectivity index (χ1v) is 6.31. The molecule has 1 aliphatic heterocycles. The van der Waals surface area contributed by atoms with Gasteiger partial charge in [-0.05, 0) is 36.0 Å². The molecule has 76 valence electrons. The third kappa shape index (κ3) is 2.55. The van der Waals surface area contributed by atoms with Crippen LogP contribution in [0.5, 0.6) is 0 Å². The van der Waals surface area contributed by atoms with E-state index in [1.165, 1.54) is 17.9 Å². The van der Waals surface area contributed by atoms with Crippen LogP contribution in [0.3, 0.4) is 0 Å². The summed E-state index contributed by atoms with van der Waals surface area (Å²) < 4.78 is 0. The number of nitrogens with one attached hydrogen (secondary N) is 1. The summed E-state index contributed by atoms with van der Waals surface area (Å²) in [6.07, 6.45) is 3.07. The van der Waals surface area contributed by atoms with Gasteiger partial charge in [-0.3, -0.25) is 0 Å². The van der Waals surface area contributed by atoms with Gasteiger partial charge in [-0.1, -0.05) is 11.6 Å².